The van der Waals surface area contributed by atoms with Crippen molar-refractivity contribution in [3.63, 3.8) is 0 Å². The minimum absolute atomic E-state index is 0.107. The topological polar surface area (TPSA) is 78.0 Å². The van der Waals surface area contributed by atoms with E-state index in [9.17, 15) is 9.90 Å². The number of hydrogen-bond acceptors (Lipinski definition) is 3. The molecule has 0 saturated carbocycles. The third-order valence-corrected chi connectivity index (χ3v) is 3.88. The Morgan fingerprint density at radius 1 is 1.12 bits per heavy atom. The van der Waals surface area contributed by atoms with Crippen molar-refractivity contribution in [2.45, 2.75) is 12.5 Å². The molecule has 0 spiro atoms. The fourth-order valence-corrected chi connectivity index (χ4v) is 2.44. The van der Waals surface area contributed by atoms with Crippen LogP contribution in [0.15, 0.2) is 66.7 Å². The fraction of sp³-hybridized carbons (Fsp3) is 0.158. The number of rotatable bonds is 5. The molecule has 1 atom stereocenters. The van der Waals surface area contributed by atoms with Crippen LogP contribution in [0.3, 0.4) is 0 Å². The van der Waals surface area contributed by atoms with E-state index in [4.69, 9.17) is 0 Å². The van der Waals surface area contributed by atoms with Crippen molar-refractivity contribution < 1.29 is 9.90 Å². The highest BCUT2D eigenvalue weighted by Gasteiger charge is 2.24. The molecule has 0 aliphatic heterocycles. The molecule has 3 rings (SSSR count). The summed E-state index contributed by atoms with van der Waals surface area (Å²) in [6, 6.07) is 20.6. The highest BCUT2D eigenvalue weighted by molar-refractivity contribution is 5.93. The third-order valence-electron chi connectivity index (χ3n) is 3.88. The van der Waals surface area contributed by atoms with Gasteiger partial charge in [-0.05, 0) is 18.6 Å². The second-order valence-electron chi connectivity index (χ2n) is 5.86. The zero-order valence-corrected chi connectivity index (χ0v) is 13.4. The monoisotopic (exact) mass is 321 g/mol. The lowest BCUT2D eigenvalue weighted by atomic mass is 9.96. The van der Waals surface area contributed by atoms with Crippen LogP contribution in [0, 0.1) is 0 Å². The second kappa shape index (κ2) is 6.68. The van der Waals surface area contributed by atoms with E-state index in [2.05, 4.69) is 15.5 Å². The van der Waals surface area contributed by atoms with Gasteiger partial charge in [0.15, 0.2) is 0 Å². The van der Waals surface area contributed by atoms with Gasteiger partial charge in [0, 0.05) is 5.56 Å². The molecule has 1 heterocycles. The zero-order chi connectivity index (χ0) is 17.0. The quantitative estimate of drug-likeness (QED) is 0.676. The number of nitrogens with zero attached hydrogens (tertiary/aromatic N) is 1. The molecule has 0 fully saturated rings. The van der Waals surface area contributed by atoms with Gasteiger partial charge in [0.1, 0.15) is 11.3 Å². The van der Waals surface area contributed by atoms with Gasteiger partial charge in [0.05, 0.1) is 12.2 Å². The summed E-state index contributed by atoms with van der Waals surface area (Å²) in [7, 11) is 0. The number of amides is 1. The van der Waals surface area contributed by atoms with Crippen LogP contribution in [0.5, 0.6) is 0 Å². The number of carbonyl (C=O) groups excluding carboxylic acids is 1. The standard InChI is InChI=1S/C19H19N3O2/c1-19(24,15-10-6-3-7-11-15)13-20-18(23)17-12-16(21-22-17)14-8-4-2-5-9-14/h2-12,24H,13H2,1H3,(H,20,23)(H,21,22). The van der Waals surface area contributed by atoms with E-state index >= 15 is 0 Å². The summed E-state index contributed by atoms with van der Waals surface area (Å²) in [6.45, 7) is 1.78. The van der Waals surface area contributed by atoms with Gasteiger partial charge >= 0.3 is 0 Å². The molecule has 1 amide bonds. The van der Waals surface area contributed by atoms with E-state index < -0.39 is 5.60 Å². The Bertz CT molecular complexity index is 811. The summed E-state index contributed by atoms with van der Waals surface area (Å²) in [5.74, 6) is -0.305. The number of aliphatic hydroxyl groups is 1. The van der Waals surface area contributed by atoms with Crippen LogP contribution < -0.4 is 5.32 Å². The van der Waals surface area contributed by atoms with Gasteiger partial charge in [0.25, 0.3) is 5.91 Å². The maximum atomic E-state index is 12.3. The van der Waals surface area contributed by atoms with Crippen molar-refractivity contribution in [1.82, 2.24) is 15.5 Å². The van der Waals surface area contributed by atoms with Crippen LogP contribution >= 0.6 is 0 Å². The molecule has 5 nitrogen and oxygen atoms in total. The molecule has 24 heavy (non-hydrogen) atoms. The van der Waals surface area contributed by atoms with Crippen LogP contribution in [0.2, 0.25) is 0 Å². The van der Waals surface area contributed by atoms with Crippen LogP contribution in [0.25, 0.3) is 11.3 Å². The van der Waals surface area contributed by atoms with E-state index in [0.29, 0.717) is 11.4 Å². The van der Waals surface area contributed by atoms with Crippen molar-refractivity contribution in [1.29, 1.82) is 0 Å². The average Bonchev–Trinajstić information content (AvgIpc) is 3.11. The summed E-state index contributed by atoms with van der Waals surface area (Å²) < 4.78 is 0. The maximum absolute atomic E-state index is 12.3. The average molecular weight is 321 g/mol. The summed E-state index contributed by atoms with van der Waals surface area (Å²) in [4.78, 5) is 12.3. The predicted molar refractivity (Wildman–Crippen MR) is 92.4 cm³/mol. The number of aromatic amines is 1. The van der Waals surface area contributed by atoms with Gasteiger partial charge in [-0.15, -0.1) is 0 Å². The molecule has 0 aliphatic rings. The van der Waals surface area contributed by atoms with E-state index in [-0.39, 0.29) is 12.5 Å². The van der Waals surface area contributed by atoms with Crippen molar-refractivity contribution in [3.8, 4) is 11.3 Å². The third kappa shape index (κ3) is 3.52. The summed E-state index contributed by atoms with van der Waals surface area (Å²) in [5, 5.41) is 20.2. The van der Waals surface area contributed by atoms with Crippen LogP contribution in [-0.4, -0.2) is 27.8 Å². The molecule has 1 unspecified atom stereocenters. The second-order valence-corrected chi connectivity index (χ2v) is 5.86. The van der Waals surface area contributed by atoms with Crippen LogP contribution in [-0.2, 0) is 5.60 Å². The van der Waals surface area contributed by atoms with Gasteiger partial charge in [-0.3, -0.25) is 9.89 Å². The number of carbonyl (C=O) groups is 1. The molecule has 0 radical (unpaired) electrons. The zero-order valence-electron chi connectivity index (χ0n) is 13.4. The SMILES string of the molecule is CC(O)(CNC(=O)c1cc(-c2ccccc2)n[nH]1)c1ccccc1. The summed E-state index contributed by atoms with van der Waals surface area (Å²) >= 11 is 0. The Kier molecular flexibility index (Phi) is 4.44. The maximum Gasteiger partial charge on any atom is 0.269 e. The van der Waals surface area contributed by atoms with Gasteiger partial charge < -0.3 is 10.4 Å². The van der Waals surface area contributed by atoms with Crippen molar-refractivity contribution in [2.24, 2.45) is 0 Å². The van der Waals surface area contributed by atoms with Crippen molar-refractivity contribution in [2.75, 3.05) is 6.54 Å². The number of hydrogen-bond donors (Lipinski definition) is 3. The van der Waals surface area contributed by atoms with E-state index in [1.807, 2.05) is 60.7 Å². The first kappa shape index (κ1) is 16.0. The van der Waals surface area contributed by atoms with Crippen molar-refractivity contribution in [3.05, 3.63) is 78.0 Å². The Hall–Kier alpha value is -2.92. The molecule has 5 heteroatoms. The lowest BCUT2D eigenvalue weighted by molar-refractivity contribution is 0.0525. The van der Waals surface area contributed by atoms with Gasteiger partial charge in [-0.2, -0.15) is 5.10 Å². The molecule has 122 valence electrons. The largest absolute Gasteiger partial charge is 0.384 e. The van der Waals surface area contributed by atoms with Crippen LogP contribution in [0.4, 0.5) is 0 Å². The molecular formula is C19H19N3O2. The molecule has 3 N–H and O–H groups in total. The Labute approximate surface area is 140 Å². The van der Waals surface area contributed by atoms with Gasteiger partial charge in [0.2, 0.25) is 0 Å². The first-order valence-electron chi connectivity index (χ1n) is 7.73. The van der Waals surface area contributed by atoms with E-state index in [0.717, 1.165) is 11.1 Å². The number of aromatic nitrogens is 2. The number of benzene rings is 2. The summed E-state index contributed by atoms with van der Waals surface area (Å²) in [6.07, 6.45) is 0. The fourth-order valence-electron chi connectivity index (χ4n) is 2.44. The summed E-state index contributed by atoms with van der Waals surface area (Å²) in [5.41, 5.74) is 1.61. The molecule has 0 aliphatic carbocycles. The molecule has 0 bridgehead atoms. The van der Waals surface area contributed by atoms with Crippen molar-refractivity contribution >= 4 is 5.91 Å². The number of nitrogens with one attached hydrogen (secondary N) is 2. The molecule has 2 aromatic carbocycles. The van der Waals surface area contributed by atoms with Gasteiger partial charge in [-0.25, -0.2) is 0 Å². The van der Waals surface area contributed by atoms with Crippen LogP contribution in [0.1, 0.15) is 23.0 Å². The minimum Gasteiger partial charge on any atom is -0.384 e. The highest BCUT2D eigenvalue weighted by Crippen LogP contribution is 2.20. The Morgan fingerprint density at radius 2 is 1.75 bits per heavy atom. The first-order valence-corrected chi connectivity index (χ1v) is 7.73. The first-order chi connectivity index (χ1) is 11.6. The lowest BCUT2D eigenvalue weighted by Gasteiger charge is -2.24. The highest BCUT2D eigenvalue weighted by atomic mass is 16.3. The molecule has 3 aromatic rings. The van der Waals surface area contributed by atoms with E-state index in [1.54, 1.807) is 13.0 Å². The molecule has 0 saturated heterocycles. The number of H-pyrrole nitrogens is 1. The van der Waals surface area contributed by atoms with Gasteiger partial charge in [-0.1, -0.05) is 60.7 Å². The molecular weight excluding hydrogens is 302 g/mol. The Balaban J connectivity index is 1.67. The smallest absolute Gasteiger partial charge is 0.269 e. The normalized spacial score (nSPS) is 13.2. The predicted octanol–water partition coefficient (Wildman–Crippen LogP) is 2.71. The van der Waals surface area contributed by atoms with E-state index in [1.165, 1.54) is 0 Å². The minimum atomic E-state index is -1.14. The Morgan fingerprint density at radius 3 is 2.42 bits per heavy atom. The molecule has 1 aromatic heterocycles. The lowest BCUT2D eigenvalue weighted by Crippen LogP contribution is -2.38.